The Morgan fingerprint density at radius 3 is 1.18 bits per heavy atom. The summed E-state index contributed by atoms with van der Waals surface area (Å²) in [5.74, 6) is -1.94. The van der Waals surface area contributed by atoms with Crippen LogP contribution in [0.15, 0.2) is 91.1 Å². The van der Waals surface area contributed by atoms with E-state index >= 15 is 0 Å². The second kappa shape index (κ2) is 14.1. The maximum absolute atomic E-state index is 12.0. The molecule has 0 aliphatic rings. The van der Waals surface area contributed by atoms with Crippen molar-refractivity contribution < 1.29 is 42.9 Å². The van der Waals surface area contributed by atoms with E-state index in [9.17, 15) is 19.2 Å². The third kappa shape index (κ3) is 9.94. The number of benzene rings is 2. The van der Waals surface area contributed by atoms with Gasteiger partial charge in [-0.1, -0.05) is 32.4 Å². The van der Waals surface area contributed by atoms with Crippen LogP contribution >= 0.6 is 0 Å². The molecule has 0 heterocycles. The van der Waals surface area contributed by atoms with Crippen molar-refractivity contribution in [1.29, 1.82) is 0 Å². The van der Waals surface area contributed by atoms with Crippen molar-refractivity contribution in [2.24, 2.45) is 0 Å². The van der Waals surface area contributed by atoms with Gasteiger partial charge in [0.15, 0.2) is 0 Å². The Morgan fingerprint density at radius 1 is 0.550 bits per heavy atom. The second-order valence-corrected chi connectivity index (χ2v) is 8.77. The third-order valence-corrected chi connectivity index (χ3v) is 4.65. The van der Waals surface area contributed by atoms with Crippen molar-refractivity contribution >= 4 is 30.0 Å². The summed E-state index contributed by atoms with van der Waals surface area (Å²) in [4.78, 5) is 47.9. The van der Waals surface area contributed by atoms with E-state index in [1.165, 1.54) is 52.0 Å². The van der Waals surface area contributed by atoms with Gasteiger partial charge < -0.3 is 23.7 Å². The molecule has 2 rings (SSSR count). The smallest absolute Gasteiger partial charge is 0.338 e. The Morgan fingerprint density at radius 2 is 0.850 bits per heavy atom. The van der Waals surface area contributed by atoms with Crippen LogP contribution in [0.25, 0.3) is 6.08 Å². The molecule has 0 radical (unpaired) electrons. The molecule has 0 saturated heterocycles. The fourth-order valence-corrected chi connectivity index (χ4v) is 2.66. The highest BCUT2D eigenvalue weighted by Gasteiger charge is 2.13. The summed E-state index contributed by atoms with van der Waals surface area (Å²) in [7, 11) is 0. The minimum Gasteiger partial charge on any atom is -0.489 e. The molecule has 0 aliphatic carbocycles. The molecule has 9 nitrogen and oxygen atoms in total. The summed E-state index contributed by atoms with van der Waals surface area (Å²) in [5.41, 5.74) is 1.28. The first kappa shape index (κ1) is 31.0. The minimum atomic E-state index is -0.662. The first-order valence-electron chi connectivity index (χ1n) is 11.9. The number of esters is 4. The van der Waals surface area contributed by atoms with Crippen LogP contribution in [0.4, 0.5) is 0 Å². The molecule has 0 unspecified atom stereocenters. The van der Waals surface area contributed by atoms with Gasteiger partial charge in [-0.3, -0.25) is 0 Å². The van der Waals surface area contributed by atoms with Crippen LogP contribution in [0.3, 0.4) is 0 Å². The summed E-state index contributed by atoms with van der Waals surface area (Å²) in [6.45, 7) is 20.2. The molecule has 0 amide bonds. The van der Waals surface area contributed by atoms with Crippen molar-refractivity contribution in [3.8, 4) is 28.7 Å². The molecule has 0 aromatic heterocycles. The summed E-state index contributed by atoms with van der Waals surface area (Å²) >= 11 is 0. The van der Waals surface area contributed by atoms with Crippen molar-refractivity contribution in [1.82, 2.24) is 0 Å². The van der Waals surface area contributed by atoms with Crippen LogP contribution in [0, 0.1) is 0 Å². The van der Waals surface area contributed by atoms with Gasteiger partial charge in [0.25, 0.3) is 0 Å². The zero-order chi connectivity index (χ0) is 30.0. The predicted molar refractivity (Wildman–Crippen MR) is 149 cm³/mol. The highest BCUT2D eigenvalue weighted by molar-refractivity contribution is 5.91. The summed E-state index contributed by atoms with van der Waals surface area (Å²) < 4.78 is 26.8. The van der Waals surface area contributed by atoms with Gasteiger partial charge in [-0.25, -0.2) is 19.2 Å². The average Bonchev–Trinajstić information content (AvgIpc) is 2.86. The molecule has 0 fully saturated rings. The summed E-state index contributed by atoms with van der Waals surface area (Å²) in [6, 6.07) is 8.75. The molecule has 2 aromatic rings. The Balaban J connectivity index is 2.27. The maximum Gasteiger partial charge on any atom is 0.338 e. The van der Waals surface area contributed by atoms with E-state index < -0.39 is 23.9 Å². The zero-order valence-electron chi connectivity index (χ0n) is 22.8. The molecule has 0 saturated carbocycles. The van der Waals surface area contributed by atoms with Gasteiger partial charge in [0.05, 0.1) is 0 Å². The molecular weight excluding hydrogens is 516 g/mol. The van der Waals surface area contributed by atoms with Crippen molar-refractivity contribution in [3.05, 3.63) is 96.6 Å². The summed E-state index contributed by atoms with van der Waals surface area (Å²) in [6.07, 6.45) is 3.28. The van der Waals surface area contributed by atoms with Crippen LogP contribution in [-0.2, 0) is 19.2 Å². The largest absolute Gasteiger partial charge is 0.489 e. The van der Waals surface area contributed by atoms with Crippen LogP contribution < -0.4 is 23.7 Å². The van der Waals surface area contributed by atoms with Crippen LogP contribution in [0.1, 0.15) is 33.3 Å². The summed E-state index contributed by atoms with van der Waals surface area (Å²) in [5, 5.41) is 0. The SMILES string of the molecule is C=C(C)C(=O)Oc1cc(C=CCOc2cc(OC(=O)C(=C)C)cc(OC(=O)C(=C)C)c2)cc(OC(=O)C(=C)C)c1. The van der Waals surface area contributed by atoms with Gasteiger partial charge in [0.2, 0.25) is 0 Å². The first-order valence-corrected chi connectivity index (χ1v) is 11.9. The van der Waals surface area contributed by atoms with E-state index in [1.807, 2.05) is 0 Å². The fraction of sp³-hybridized carbons (Fsp3) is 0.161. The number of hydrogen-bond acceptors (Lipinski definition) is 9. The fourth-order valence-electron chi connectivity index (χ4n) is 2.66. The Kier molecular flexibility index (Phi) is 10.9. The zero-order valence-corrected chi connectivity index (χ0v) is 22.8. The first-order chi connectivity index (χ1) is 18.7. The van der Waals surface area contributed by atoms with Crippen molar-refractivity contribution in [2.45, 2.75) is 27.7 Å². The number of carbonyl (C=O) groups is 4. The highest BCUT2D eigenvalue weighted by Crippen LogP contribution is 2.29. The van der Waals surface area contributed by atoms with E-state index in [2.05, 4.69) is 26.3 Å². The lowest BCUT2D eigenvalue weighted by atomic mass is 10.2. The maximum atomic E-state index is 12.0. The predicted octanol–water partition coefficient (Wildman–Crippen LogP) is 5.70. The standard InChI is InChI=1S/C31H30O9/c1-18(2)28(32)37-24-12-22(13-25(16-24)38-29(33)19(3)4)10-9-11-36-23-14-26(39-30(34)20(5)6)17-27(15-23)40-31(35)21(7)8/h9-10,12-17H,1,3,5,7,11H2,2,4,6,8H3. The van der Waals surface area contributed by atoms with Crippen LogP contribution in [0.5, 0.6) is 28.7 Å². The van der Waals surface area contributed by atoms with Crippen molar-refractivity contribution in [3.63, 3.8) is 0 Å². The molecule has 0 spiro atoms. The molecule has 0 aliphatic heterocycles. The molecule has 0 N–H and O–H groups in total. The minimum absolute atomic E-state index is 0.0302. The molecule has 0 atom stereocenters. The van der Waals surface area contributed by atoms with Gasteiger partial charge in [-0.2, -0.15) is 0 Å². The van der Waals surface area contributed by atoms with E-state index in [4.69, 9.17) is 23.7 Å². The number of hydrogen-bond donors (Lipinski definition) is 0. The van der Waals surface area contributed by atoms with E-state index in [1.54, 1.807) is 24.3 Å². The number of carbonyl (C=O) groups excluding carboxylic acids is 4. The average molecular weight is 547 g/mol. The van der Waals surface area contributed by atoms with E-state index in [0.29, 0.717) is 5.56 Å². The Labute approximate surface area is 232 Å². The Bertz CT molecular complexity index is 1330. The molecule has 208 valence electrons. The van der Waals surface area contributed by atoms with Crippen LogP contribution in [-0.4, -0.2) is 30.5 Å². The van der Waals surface area contributed by atoms with E-state index in [-0.39, 0.29) is 57.6 Å². The van der Waals surface area contributed by atoms with Gasteiger partial charge in [0.1, 0.15) is 35.4 Å². The van der Waals surface area contributed by atoms with E-state index in [0.717, 1.165) is 0 Å². The molecular formula is C31H30O9. The highest BCUT2D eigenvalue weighted by atomic mass is 16.6. The monoisotopic (exact) mass is 546 g/mol. The molecule has 40 heavy (non-hydrogen) atoms. The lowest BCUT2D eigenvalue weighted by molar-refractivity contribution is -0.131. The van der Waals surface area contributed by atoms with Gasteiger partial charge in [-0.05, 0) is 51.5 Å². The lowest BCUT2D eigenvalue weighted by Gasteiger charge is -2.11. The second-order valence-electron chi connectivity index (χ2n) is 8.77. The quantitative estimate of drug-likeness (QED) is 0.188. The van der Waals surface area contributed by atoms with Gasteiger partial charge in [0, 0.05) is 46.6 Å². The van der Waals surface area contributed by atoms with Crippen LogP contribution in [0.2, 0.25) is 0 Å². The number of rotatable bonds is 12. The normalized spacial score (nSPS) is 10.3. The van der Waals surface area contributed by atoms with Gasteiger partial charge in [-0.15, -0.1) is 0 Å². The molecule has 9 heteroatoms. The lowest BCUT2D eigenvalue weighted by Crippen LogP contribution is -2.11. The third-order valence-electron chi connectivity index (χ3n) is 4.65. The van der Waals surface area contributed by atoms with Crippen molar-refractivity contribution in [2.75, 3.05) is 6.61 Å². The molecule has 2 aromatic carbocycles. The van der Waals surface area contributed by atoms with Gasteiger partial charge >= 0.3 is 23.9 Å². The Hall–Kier alpha value is -5.18. The number of ether oxygens (including phenoxy) is 5. The topological polar surface area (TPSA) is 114 Å². The molecule has 0 bridgehead atoms.